The lowest BCUT2D eigenvalue weighted by Crippen LogP contribution is -2.27. The molecular formula is C23H23N3O5S2. The standard InChI is InChI=1S/C23H23N3O5S2/c1-31-20-14-10-18(11-15-20)23-16-22(17-8-12-19(13-9-17)25-32(2,27)28)24-26(23)33(29,30)21-6-4-3-5-7-21/h3-15,23,25H,16H2,1-2H3. The molecule has 172 valence electrons. The number of nitrogens with one attached hydrogen (secondary N) is 1. The van der Waals surface area contributed by atoms with Crippen molar-refractivity contribution in [3.8, 4) is 5.75 Å². The van der Waals surface area contributed by atoms with Crippen molar-refractivity contribution < 1.29 is 21.6 Å². The predicted octanol–water partition coefficient (Wildman–Crippen LogP) is 3.61. The molecule has 1 unspecified atom stereocenters. The van der Waals surface area contributed by atoms with Gasteiger partial charge in [-0.2, -0.15) is 17.9 Å². The number of anilines is 1. The zero-order valence-corrected chi connectivity index (χ0v) is 19.7. The van der Waals surface area contributed by atoms with E-state index in [2.05, 4.69) is 9.82 Å². The summed E-state index contributed by atoms with van der Waals surface area (Å²) in [4.78, 5) is 0.154. The maximum absolute atomic E-state index is 13.4. The predicted molar refractivity (Wildman–Crippen MR) is 127 cm³/mol. The molecule has 33 heavy (non-hydrogen) atoms. The van der Waals surface area contributed by atoms with Crippen molar-refractivity contribution in [1.29, 1.82) is 0 Å². The molecule has 8 nitrogen and oxygen atoms in total. The average molecular weight is 486 g/mol. The molecule has 0 saturated carbocycles. The maximum Gasteiger partial charge on any atom is 0.279 e. The van der Waals surface area contributed by atoms with Crippen LogP contribution in [0.5, 0.6) is 5.75 Å². The number of ether oxygens (including phenoxy) is 1. The fourth-order valence-corrected chi connectivity index (χ4v) is 5.62. The van der Waals surface area contributed by atoms with E-state index >= 15 is 0 Å². The second-order valence-electron chi connectivity index (χ2n) is 7.58. The lowest BCUT2D eigenvalue weighted by atomic mass is 9.99. The number of benzene rings is 3. The third-order valence-corrected chi connectivity index (χ3v) is 7.48. The molecule has 0 spiro atoms. The van der Waals surface area contributed by atoms with Crippen molar-refractivity contribution in [2.75, 3.05) is 18.1 Å². The van der Waals surface area contributed by atoms with Gasteiger partial charge in [-0.25, -0.2) is 8.42 Å². The number of rotatable bonds is 7. The Bertz CT molecular complexity index is 1370. The Morgan fingerprint density at radius 2 is 1.55 bits per heavy atom. The molecule has 0 amide bonds. The quantitative estimate of drug-likeness (QED) is 0.550. The fraction of sp³-hybridized carbons (Fsp3) is 0.174. The smallest absolute Gasteiger partial charge is 0.279 e. The Labute approximate surface area is 193 Å². The highest BCUT2D eigenvalue weighted by molar-refractivity contribution is 7.92. The van der Waals surface area contributed by atoms with E-state index < -0.39 is 26.1 Å². The van der Waals surface area contributed by atoms with Crippen LogP contribution in [0.3, 0.4) is 0 Å². The van der Waals surface area contributed by atoms with E-state index in [4.69, 9.17) is 4.74 Å². The number of hydrazone groups is 1. The number of hydrogen-bond acceptors (Lipinski definition) is 6. The molecule has 3 aromatic rings. The monoisotopic (exact) mass is 485 g/mol. The summed E-state index contributed by atoms with van der Waals surface area (Å²) in [5.41, 5.74) is 2.49. The molecule has 0 aromatic heterocycles. The molecule has 0 bridgehead atoms. The van der Waals surface area contributed by atoms with Crippen molar-refractivity contribution in [2.45, 2.75) is 17.4 Å². The van der Waals surface area contributed by atoms with Crippen LogP contribution in [0, 0.1) is 0 Å². The van der Waals surface area contributed by atoms with Gasteiger partial charge < -0.3 is 4.74 Å². The summed E-state index contributed by atoms with van der Waals surface area (Å²) in [7, 11) is -5.73. The Kier molecular flexibility index (Phi) is 6.13. The normalized spacial score (nSPS) is 16.4. The van der Waals surface area contributed by atoms with Gasteiger partial charge in [-0.1, -0.05) is 42.5 Å². The SMILES string of the molecule is COc1ccc(C2CC(c3ccc(NS(C)(=O)=O)cc3)=NN2S(=O)(=O)c2ccccc2)cc1. The summed E-state index contributed by atoms with van der Waals surface area (Å²) >= 11 is 0. The number of methoxy groups -OCH3 is 1. The van der Waals surface area contributed by atoms with Gasteiger partial charge in [0.2, 0.25) is 10.0 Å². The number of sulfonamides is 2. The largest absolute Gasteiger partial charge is 0.497 e. The fourth-order valence-electron chi connectivity index (χ4n) is 3.60. The summed E-state index contributed by atoms with van der Waals surface area (Å²) in [5, 5.41) is 4.50. The summed E-state index contributed by atoms with van der Waals surface area (Å²) in [6.07, 6.45) is 1.44. The van der Waals surface area contributed by atoms with E-state index in [0.717, 1.165) is 16.2 Å². The van der Waals surface area contributed by atoms with E-state index in [1.165, 1.54) is 0 Å². The molecule has 1 aliphatic rings. The second-order valence-corrected chi connectivity index (χ2v) is 11.1. The molecule has 0 aliphatic carbocycles. The van der Waals surface area contributed by atoms with Gasteiger partial charge >= 0.3 is 0 Å². The lowest BCUT2D eigenvalue weighted by Gasteiger charge is -2.23. The van der Waals surface area contributed by atoms with Gasteiger partial charge in [-0.15, -0.1) is 0 Å². The second kappa shape index (κ2) is 8.87. The first-order valence-corrected chi connectivity index (χ1v) is 13.4. The minimum absolute atomic E-state index is 0.154. The van der Waals surface area contributed by atoms with Gasteiger partial charge in [0.15, 0.2) is 0 Å². The molecule has 1 atom stereocenters. The first kappa shape index (κ1) is 22.8. The zero-order chi connectivity index (χ0) is 23.6. The Morgan fingerprint density at radius 3 is 2.12 bits per heavy atom. The zero-order valence-electron chi connectivity index (χ0n) is 18.0. The van der Waals surface area contributed by atoms with Crippen molar-refractivity contribution >= 4 is 31.4 Å². The molecular weight excluding hydrogens is 462 g/mol. The molecule has 3 aromatic carbocycles. The van der Waals surface area contributed by atoms with Crippen LogP contribution in [-0.2, 0) is 20.0 Å². The van der Waals surface area contributed by atoms with E-state index in [-0.39, 0.29) is 4.90 Å². The highest BCUT2D eigenvalue weighted by atomic mass is 32.2. The third kappa shape index (κ3) is 5.01. The third-order valence-electron chi connectivity index (χ3n) is 5.18. The van der Waals surface area contributed by atoms with Crippen LogP contribution in [0.15, 0.2) is 88.9 Å². The molecule has 1 N–H and O–H groups in total. The summed E-state index contributed by atoms with van der Waals surface area (Å²) in [6.45, 7) is 0. The Balaban J connectivity index is 1.72. The summed E-state index contributed by atoms with van der Waals surface area (Å²) in [5.74, 6) is 0.671. The van der Waals surface area contributed by atoms with Gasteiger partial charge in [0, 0.05) is 12.1 Å². The minimum atomic E-state index is -3.90. The van der Waals surface area contributed by atoms with Crippen molar-refractivity contribution in [2.24, 2.45) is 5.10 Å². The Hall–Kier alpha value is -3.37. The molecule has 4 rings (SSSR count). The van der Waals surface area contributed by atoms with Crippen molar-refractivity contribution in [1.82, 2.24) is 4.41 Å². The molecule has 1 heterocycles. The number of nitrogens with zero attached hydrogens (tertiary/aromatic N) is 2. The summed E-state index contributed by atoms with van der Waals surface area (Å²) in [6, 6.07) is 21.5. The van der Waals surface area contributed by atoms with Crippen LogP contribution in [-0.4, -0.2) is 40.3 Å². The van der Waals surface area contributed by atoms with Crippen LogP contribution in [0.4, 0.5) is 5.69 Å². The lowest BCUT2D eigenvalue weighted by molar-refractivity contribution is 0.370. The first-order valence-electron chi connectivity index (χ1n) is 10.1. The van der Waals surface area contributed by atoms with Crippen LogP contribution in [0.1, 0.15) is 23.6 Å². The van der Waals surface area contributed by atoms with Gasteiger partial charge in [0.1, 0.15) is 5.75 Å². The maximum atomic E-state index is 13.4. The van der Waals surface area contributed by atoms with Crippen LogP contribution < -0.4 is 9.46 Å². The molecule has 0 saturated heterocycles. The molecule has 0 fully saturated rings. The van der Waals surface area contributed by atoms with Gasteiger partial charge in [0.25, 0.3) is 10.0 Å². The number of hydrogen-bond donors (Lipinski definition) is 1. The topological polar surface area (TPSA) is 105 Å². The van der Waals surface area contributed by atoms with E-state index in [9.17, 15) is 16.8 Å². The minimum Gasteiger partial charge on any atom is -0.497 e. The van der Waals surface area contributed by atoms with E-state index in [0.29, 0.717) is 29.1 Å². The van der Waals surface area contributed by atoms with E-state index in [1.807, 2.05) is 12.1 Å². The highest BCUT2D eigenvalue weighted by Gasteiger charge is 2.37. The summed E-state index contributed by atoms with van der Waals surface area (Å²) < 4.78 is 58.6. The molecule has 1 aliphatic heterocycles. The van der Waals surface area contributed by atoms with Crippen molar-refractivity contribution in [3.05, 3.63) is 90.0 Å². The Morgan fingerprint density at radius 1 is 0.909 bits per heavy atom. The van der Waals surface area contributed by atoms with Crippen LogP contribution in [0.25, 0.3) is 0 Å². The average Bonchev–Trinajstić information content (AvgIpc) is 3.25. The van der Waals surface area contributed by atoms with Crippen molar-refractivity contribution in [3.63, 3.8) is 0 Å². The van der Waals surface area contributed by atoms with Crippen LogP contribution in [0.2, 0.25) is 0 Å². The highest BCUT2D eigenvalue weighted by Crippen LogP contribution is 2.37. The van der Waals surface area contributed by atoms with Gasteiger partial charge in [-0.05, 0) is 47.5 Å². The first-order chi connectivity index (χ1) is 15.7. The van der Waals surface area contributed by atoms with E-state index in [1.54, 1.807) is 73.8 Å². The molecule has 10 heteroatoms. The van der Waals surface area contributed by atoms with Gasteiger partial charge in [-0.3, -0.25) is 4.72 Å². The molecule has 0 radical (unpaired) electrons. The van der Waals surface area contributed by atoms with Gasteiger partial charge in [0.05, 0.1) is 30.0 Å². The van der Waals surface area contributed by atoms with Crippen LogP contribution >= 0.6 is 0 Å².